The summed E-state index contributed by atoms with van der Waals surface area (Å²) in [6.07, 6.45) is 0.245. The van der Waals surface area contributed by atoms with Crippen LogP contribution >= 0.6 is 0 Å². The average molecular weight is 339 g/mol. The van der Waals surface area contributed by atoms with E-state index in [-0.39, 0.29) is 24.9 Å². The molecule has 1 atom stereocenters. The highest BCUT2D eigenvalue weighted by molar-refractivity contribution is 5.85. The van der Waals surface area contributed by atoms with Crippen LogP contribution in [0, 0.1) is 12.8 Å². The second-order valence-corrected chi connectivity index (χ2v) is 6.54. The van der Waals surface area contributed by atoms with Crippen LogP contribution < -0.4 is 5.32 Å². The topological polar surface area (TPSA) is 55.4 Å². The van der Waals surface area contributed by atoms with Crippen LogP contribution in [0.3, 0.4) is 0 Å². The molecule has 0 bridgehead atoms. The number of ether oxygens (including phenoxy) is 1. The fourth-order valence-corrected chi connectivity index (χ4v) is 2.43. The highest BCUT2D eigenvalue weighted by atomic mass is 16.5. The number of aryl methyl sites for hydroxylation is 1. The van der Waals surface area contributed by atoms with Gasteiger partial charge in [-0.2, -0.15) is 0 Å². The molecule has 0 radical (unpaired) electrons. The van der Waals surface area contributed by atoms with Gasteiger partial charge in [-0.1, -0.05) is 74.0 Å². The van der Waals surface area contributed by atoms with Crippen molar-refractivity contribution in [1.29, 1.82) is 0 Å². The lowest BCUT2D eigenvalue weighted by atomic mass is 10.0. The molecule has 2 rings (SSSR count). The first kappa shape index (κ1) is 18.7. The van der Waals surface area contributed by atoms with Gasteiger partial charge in [-0.25, -0.2) is 4.79 Å². The van der Waals surface area contributed by atoms with Crippen molar-refractivity contribution in [3.05, 3.63) is 71.3 Å². The van der Waals surface area contributed by atoms with E-state index in [1.807, 2.05) is 75.4 Å². The molecule has 0 saturated carbocycles. The molecule has 25 heavy (non-hydrogen) atoms. The van der Waals surface area contributed by atoms with Gasteiger partial charge in [-0.15, -0.1) is 0 Å². The number of carbonyl (C=O) groups excluding carboxylic acids is 2. The molecule has 0 saturated heterocycles. The lowest BCUT2D eigenvalue weighted by molar-refractivity contribution is -0.150. The van der Waals surface area contributed by atoms with Crippen LogP contribution in [0.5, 0.6) is 0 Å². The van der Waals surface area contributed by atoms with E-state index in [0.717, 1.165) is 16.7 Å². The third kappa shape index (κ3) is 6.07. The number of esters is 1. The van der Waals surface area contributed by atoms with Gasteiger partial charge in [-0.05, 0) is 24.0 Å². The van der Waals surface area contributed by atoms with Crippen molar-refractivity contribution >= 4 is 11.9 Å². The third-order valence-corrected chi connectivity index (χ3v) is 3.95. The Bertz CT molecular complexity index is 693. The smallest absolute Gasteiger partial charge is 0.329 e. The van der Waals surface area contributed by atoms with E-state index >= 15 is 0 Å². The largest absolute Gasteiger partial charge is 0.459 e. The fourth-order valence-electron chi connectivity index (χ4n) is 2.43. The molecule has 4 nitrogen and oxygen atoms in total. The predicted octanol–water partition coefficient (Wildman–Crippen LogP) is 3.42. The Morgan fingerprint density at radius 2 is 1.60 bits per heavy atom. The van der Waals surface area contributed by atoms with Crippen molar-refractivity contribution in [3.63, 3.8) is 0 Å². The van der Waals surface area contributed by atoms with Crippen LogP contribution in [0.1, 0.15) is 30.5 Å². The first-order valence-corrected chi connectivity index (χ1v) is 8.51. The Balaban J connectivity index is 1.91. The lowest BCUT2D eigenvalue weighted by Crippen LogP contribution is -2.45. The third-order valence-electron chi connectivity index (χ3n) is 3.95. The second kappa shape index (κ2) is 9.02. The number of hydrogen-bond donors (Lipinski definition) is 1. The van der Waals surface area contributed by atoms with E-state index in [1.165, 1.54) is 0 Å². The van der Waals surface area contributed by atoms with E-state index in [9.17, 15) is 9.59 Å². The number of nitrogens with one attached hydrogen (secondary N) is 1. The Morgan fingerprint density at radius 1 is 0.960 bits per heavy atom. The molecular formula is C21H25NO3. The molecule has 4 heteroatoms. The Hall–Kier alpha value is -2.62. The van der Waals surface area contributed by atoms with Gasteiger partial charge in [0, 0.05) is 0 Å². The summed E-state index contributed by atoms with van der Waals surface area (Å²) < 4.78 is 5.39. The van der Waals surface area contributed by atoms with E-state index in [0.29, 0.717) is 0 Å². The highest BCUT2D eigenvalue weighted by Gasteiger charge is 2.25. The molecule has 0 fully saturated rings. The molecule has 0 aliphatic rings. The van der Waals surface area contributed by atoms with Crippen molar-refractivity contribution in [3.8, 4) is 0 Å². The minimum absolute atomic E-state index is 0.0507. The molecule has 0 aliphatic carbocycles. The first-order chi connectivity index (χ1) is 12.0. The molecule has 132 valence electrons. The Labute approximate surface area is 149 Å². The summed E-state index contributed by atoms with van der Waals surface area (Å²) in [6.45, 7) is 5.99. The number of benzene rings is 2. The summed E-state index contributed by atoms with van der Waals surface area (Å²) in [5.41, 5.74) is 3.00. The molecular weight excluding hydrogens is 314 g/mol. The zero-order chi connectivity index (χ0) is 18.2. The molecule has 0 heterocycles. The highest BCUT2D eigenvalue weighted by Crippen LogP contribution is 2.09. The van der Waals surface area contributed by atoms with Crippen molar-refractivity contribution in [2.45, 2.75) is 39.8 Å². The summed E-state index contributed by atoms with van der Waals surface area (Å²) in [5.74, 6) is -0.639. The summed E-state index contributed by atoms with van der Waals surface area (Å²) in [5, 5.41) is 2.80. The lowest BCUT2D eigenvalue weighted by Gasteiger charge is -2.21. The zero-order valence-corrected chi connectivity index (χ0v) is 15.0. The Morgan fingerprint density at radius 3 is 2.20 bits per heavy atom. The van der Waals surface area contributed by atoms with Crippen molar-refractivity contribution in [1.82, 2.24) is 5.32 Å². The second-order valence-electron chi connectivity index (χ2n) is 6.54. The van der Waals surface area contributed by atoms with Crippen LogP contribution in [0.15, 0.2) is 54.6 Å². The van der Waals surface area contributed by atoms with Gasteiger partial charge < -0.3 is 10.1 Å². The number of rotatable bonds is 7. The van der Waals surface area contributed by atoms with Gasteiger partial charge in [0.1, 0.15) is 12.6 Å². The minimum atomic E-state index is -0.651. The fraction of sp³-hybridized carbons (Fsp3) is 0.333. The number of carbonyl (C=O) groups is 2. The van der Waals surface area contributed by atoms with Crippen LogP contribution in [-0.2, 0) is 27.4 Å². The Kier molecular flexibility index (Phi) is 6.75. The molecule has 0 aromatic heterocycles. The van der Waals surface area contributed by atoms with Crippen molar-refractivity contribution in [2.75, 3.05) is 0 Å². The van der Waals surface area contributed by atoms with E-state index in [1.54, 1.807) is 0 Å². The summed E-state index contributed by atoms with van der Waals surface area (Å²) in [7, 11) is 0. The van der Waals surface area contributed by atoms with Gasteiger partial charge in [0.2, 0.25) is 5.91 Å². The maximum atomic E-state index is 12.4. The summed E-state index contributed by atoms with van der Waals surface area (Å²) >= 11 is 0. The maximum absolute atomic E-state index is 12.4. The molecule has 1 amide bonds. The van der Waals surface area contributed by atoms with E-state index < -0.39 is 12.0 Å². The van der Waals surface area contributed by atoms with Crippen molar-refractivity contribution in [2.24, 2.45) is 5.92 Å². The van der Waals surface area contributed by atoms with Gasteiger partial charge in [0.15, 0.2) is 0 Å². The van der Waals surface area contributed by atoms with Crippen LogP contribution in [0.4, 0.5) is 0 Å². The van der Waals surface area contributed by atoms with Gasteiger partial charge in [-0.3, -0.25) is 4.79 Å². The van der Waals surface area contributed by atoms with E-state index in [2.05, 4.69) is 5.32 Å². The molecule has 0 aliphatic heterocycles. The summed E-state index contributed by atoms with van der Waals surface area (Å²) in [4.78, 5) is 24.6. The minimum Gasteiger partial charge on any atom is -0.459 e. The predicted molar refractivity (Wildman–Crippen MR) is 97.9 cm³/mol. The molecule has 0 spiro atoms. The quantitative estimate of drug-likeness (QED) is 0.787. The van der Waals surface area contributed by atoms with Gasteiger partial charge in [0.05, 0.1) is 6.42 Å². The average Bonchev–Trinajstić information content (AvgIpc) is 2.59. The van der Waals surface area contributed by atoms with Crippen molar-refractivity contribution < 1.29 is 14.3 Å². The number of amides is 1. The summed E-state index contributed by atoms with van der Waals surface area (Å²) in [6, 6.07) is 16.6. The van der Waals surface area contributed by atoms with Gasteiger partial charge in [0.25, 0.3) is 0 Å². The SMILES string of the molecule is Cc1ccc(COC(=O)[C@H](NC(=O)Cc2ccccc2)C(C)C)cc1. The van der Waals surface area contributed by atoms with Gasteiger partial charge >= 0.3 is 5.97 Å². The molecule has 1 N–H and O–H groups in total. The zero-order valence-electron chi connectivity index (χ0n) is 15.0. The molecule has 2 aromatic rings. The van der Waals surface area contributed by atoms with E-state index in [4.69, 9.17) is 4.74 Å². The first-order valence-electron chi connectivity index (χ1n) is 8.51. The molecule has 2 aromatic carbocycles. The van der Waals surface area contributed by atoms with Crippen LogP contribution in [0.25, 0.3) is 0 Å². The standard InChI is InChI=1S/C21H25NO3/c1-15(2)20(22-19(23)13-17-7-5-4-6-8-17)21(24)25-14-18-11-9-16(3)10-12-18/h4-12,15,20H,13-14H2,1-3H3,(H,22,23)/t20-/m1/s1. The molecule has 0 unspecified atom stereocenters. The number of hydrogen-bond acceptors (Lipinski definition) is 3. The van der Waals surface area contributed by atoms with Crippen LogP contribution in [-0.4, -0.2) is 17.9 Å². The van der Waals surface area contributed by atoms with Crippen LogP contribution in [0.2, 0.25) is 0 Å². The maximum Gasteiger partial charge on any atom is 0.329 e. The normalized spacial score (nSPS) is 11.8. The monoisotopic (exact) mass is 339 g/mol.